The van der Waals surface area contributed by atoms with E-state index in [4.69, 9.17) is 10.2 Å². The number of phenolic OH excluding ortho intramolecular Hbond substituents is 2. The smallest absolute Gasteiger partial charge is 0.115 e. The zero-order valence-electron chi connectivity index (χ0n) is 15.9. The minimum atomic E-state index is 0.216. The van der Waals surface area contributed by atoms with E-state index in [1.54, 1.807) is 24.3 Å². The van der Waals surface area contributed by atoms with Crippen LogP contribution in [0, 0.1) is 0 Å². The summed E-state index contributed by atoms with van der Waals surface area (Å²) in [6.45, 7) is 13.2. The number of phenols is 2. The lowest BCUT2D eigenvalue weighted by molar-refractivity contribution is 0.470. The molecule has 2 heteroatoms. The van der Waals surface area contributed by atoms with Crippen LogP contribution in [0.1, 0.15) is 65.5 Å². The number of aromatic hydroxyl groups is 2. The minimum absolute atomic E-state index is 0.216. The average Bonchev–Trinajstić information content (AvgIpc) is 2.56. The van der Waals surface area contributed by atoms with Gasteiger partial charge in [-0.25, -0.2) is 0 Å². The van der Waals surface area contributed by atoms with Gasteiger partial charge < -0.3 is 10.2 Å². The van der Waals surface area contributed by atoms with Gasteiger partial charge in [0, 0.05) is 0 Å². The van der Waals surface area contributed by atoms with E-state index >= 15 is 0 Å². The van der Waals surface area contributed by atoms with Crippen LogP contribution in [-0.2, 0) is 10.8 Å². The van der Waals surface area contributed by atoms with Crippen molar-refractivity contribution in [2.24, 2.45) is 0 Å². The molecule has 0 radical (unpaired) electrons. The van der Waals surface area contributed by atoms with Gasteiger partial charge in [0.15, 0.2) is 0 Å². The van der Waals surface area contributed by atoms with Gasteiger partial charge in [0.05, 0.1) is 0 Å². The van der Waals surface area contributed by atoms with Crippen LogP contribution in [0.3, 0.4) is 0 Å². The van der Waals surface area contributed by atoms with Crippen molar-refractivity contribution < 1.29 is 10.2 Å². The largest absolute Gasteiger partial charge is 0.508 e. The number of hydrogen-bond donors (Lipinski definition) is 2. The van der Waals surface area contributed by atoms with Crippen LogP contribution in [0.4, 0.5) is 0 Å². The van der Waals surface area contributed by atoms with Gasteiger partial charge in [0.1, 0.15) is 11.5 Å². The summed E-state index contributed by atoms with van der Waals surface area (Å²) < 4.78 is 0. The van der Waals surface area contributed by atoms with E-state index in [-0.39, 0.29) is 10.8 Å². The highest BCUT2D eigenvalue weighted by atomic mass is 16.3. The van der Waals surface area contributed by atoms with E-state index < -0.39 is 0 Å². The Morgan fingerprint density at radius 1 is 0.583 bits per heavy atom. The van der Waals surface area contributed by atoms with Crippen molar-refractivity contribution in [3.63, 3.8) is 0 Å². The fourth-order valence-electron chi connectivity index (χ4n) is 2.23. The maximum atomic E-state index is 9.10. The molecule has 0 aromatic heterocycles. The molecular weight excluding hydrogens is 296 g/mol. The topological polar surface area (TPSA) is 40.5 Å². The molecule has 0 fully saturated rings. The highest BCUT2D eigenvalue weighted by Gasteiger charge is 2.17. The summed E-state index contributed by atoms with van der Waals surface area (Å²) in [6, 6.07) is 14.9. The molecule has 0 aliphatic heterocycles. The second-order valence-electron chi connectivity index (χ2n) is 7.57. The van der Waals surface area contributed by atoms with E-state index in [1.165, 1.54) is 11.1 Å². The van der Waals surface area contributed by atoms with Crippen molar-refractivity contribution in [3.05, 3.63) is 59.7 Å². The molecule has 132 valence electrons. The molecule has 0 atom stereocenters. The fourth-order valence-corrected chi connectivity index (χ4v) is 2.23. The van der Waals surface area contributed by atoms with Gasteiger partial charge in [-0.2, -0.15) is 0 Å². The maximum absolute atomic E-state index is 9.10. The van der Waals surface area contributed by atoms with Gasteiger partial charge in [-0.15, -0.1) is 0 Å². The van der Waals surface area contributed by atoms with Gasteiger partial charge in [-0.3, -0.25) is 0 Å². The third-order valence-electron chi connectivity index (χ3n) is 5.07. The third-order valence-corrected chi connectivity index (χ3v) is 5.07. The first-order valence-corrected chi connectivity index (χ1v) is 8.71. The highest BCUT2D eigenvalue weighted by Crippen LogP contribution is 2.28. The van der Waals surface area contributed by atoms with Crippen molar-refractivity contribution in [1.82, 2.24) is 0 Å². The lowest BCUT2D eigenvalue weighted by Gasteiger charge is -2.23. The van der Waals surface area contributed by atoms with Crippen molar-refractivity contribution in [2.75, 3.05) is 0 Å². The lowest BCUT2D eigenvalue weighted by atomic mass is 9.82. The minimum Gasteiger partial charge on any atom is -0.508 e. The zero-order valence-corrected chi connectivity index (χ0v) is 15.9. The molecule has 0 amide bonds. The molecule has 0 spiro atoms. The number of rotatable bonds is 4. The number of benzene rings is 2. The highest BCUT2D eigenvalue weighted by molar-refractivity contribution is 5.31. The molecule has 2 rings (SSSR count). The Hall–Kier alpha value is -1.96. The molecule has 0 unspecified atom stereocenters. The summed E-state index contributed by atoms with van der Waals surface area (Å²) in [5.74, 6) is 0.677. The Morgan fingerprint density at radius 2 is 0.833 bits per heavy atom. The molecule has 0 saturated heterocycles. The molecule has 0 aliphatic carbocycles. The Kier molecular flexibility index (Phi) is 6.89. The first-order chi connectivity index (χ1) is 11.1. The average molecular weight is 328 g/mol. The summed E-state index contributed by atoms with van der Waals surface area (Å²) in [5, 5.41) is 18.2. The summed E-state index contributed by atoms with van der Waals surface area (Å²) >= 11 is 0. The van der Waals surface area contributed by atoms with Crippen LogP contribution in [0.25, 0.3) is 0 Å². The van der Waals surface area contributed by atoms with E-state index in [0.29, 0.717) is 11.5 Å². The van der Waals surface area contributed by atoms with E-state index in [2.05, 4.69) is 41.5 Å². The quantitative estimate of drug-likeness (QED) is 0.705. The molecule has 2 aromatic carbocycles. The van der Waals surface area contributed by atoms with Gasteiger partial charge in [-0.05, 0) is 59.1 Å². The Bertz CT molecular complexity index is 550. The van der Waals surface area contributed by atoms with Gasteiger partial charge in [-0.1, -0.05) is 65.8 Å². The molecular formula is C22H32O2. The van der Waals surface area contributed by atoms with Crippen LogP contribution in [0.5, 0.6) is 11.5 Å². The van der Waals surface area contributed by atoms with Crippen LogP contribution >= 0.6 is 0 Å². The second kappa shape index (κ2) is 8.23. The summed E-state index contributed by atoms with van der Waals surface area (Å²) in [7, 11) is 0. The monoisotopic (exact) mass is 328 g/mol. The Balaban J connectivity index is 0.000000240. The first kappa shape index (κ1) is 20.1. The Morgan fingerprint density at radius 3 is 1.04 bits per heavy atom. The lowest BCUT2D eigenvalue weighted by Crippen LogP contribution is -2.14. The molecule has 0 heterocycles. The van der Waals surface area contributed by atoms with E-state index in [0.717, 1.165) is 12.8 Å². The molecule has 0 bridgehead atoms. The van der Waals surface area contributed by atoms with Crippen molar-refractivity contribution in [1.29, 1.82) is 0 Å². The molecule has 2 N–H and O–H groups in total. The predicted octanol–water partition coefficient (Wildman–Crippen LogP) is 6.16. The summed E-state index contributed by atoms with van der Waals surface area (Å²) in [4.78, 5) is 0. The normalized spacial score (nSPS) is 11.6. The molecule has 0 aliphatic rings. The van der Waals surface area contributed by atoms with Crippen molar-refractivity contribution >= 4 is 0 Å². The molecule has 2 nitrogen and oxygen atoms in total. The summed E-state index contributed by atoms with van der Waals surface area (Å²) in [6.07, 6.45) is 2.22. The van der Waals surface area contributed by atoms with Crippen LogP contribution in [-0.4, -0.2) is 10.2 Å². The summed E-state index contributed by atoms with van der Waals surface area (Å²) in [5.41, 5.74) is 2.99. The van der Waals surface area contributed by atoms with Crippen LogP contribution in [0.2, 0.25) is 0 Å². The molecule has 0 saturated carbocycles. The van der Waals surface area contributed by atoms with Gasteiger partial charge >= 0.3 is 0 Å². The van der Waals surface area contributed by atoms with Crippen LogP contribution in [0.15, 0.2) is 48.5 Å². The van der Waals surface area contributed by atoms with E-state index in [9.17, 15) is 0 Å². The second-order valence-corrected chi connectivity index (χ2v) is 7.57. The predicted molar refractivity (Wildman–Crippen MR) is 103 cm³/mol. The molecule has 2 aromatic rings. The maximum Gasteiger partial charge on any atom is 0.115 e. The first-order valence-electron chi connectivity index (χ1n) is 8.71. The van der Waals surface area contributed by atoms with Gasteiger partial charge in [0.25, 0.3) is 0 Å². The third kappa shape index (κ3) is 5.59. The molecule has 24 heavy (non-hydrogen) atoms. The standard InChI is InChI=1S/2C11H16O/c2*1-4-11(2,3)9-5-7-10(12)8-6-9/h2*5-8,12H,4H2,1-3H3. The van der Waals surface area contributed by atoms with Crippen molar-refractivity contribution in [2.45, 2.75) is 65.2 Å². The fraction of sp³-hybridized carbons (Fsp3) is 0.455. The van der Waals surface area contributed by atoms with Gasteiger partial charge in [0.2, 0.25) is 0 Å². The number of hydrogen-bond acceptors (Lipinski definition) is 2. The SMILES string of the molecule is CCC(C)(C)c1ccc(O)cc1.CCC(C)(C)c1ccc(O)cc1. The van der Waals surface area contributed by atoms with E-state index in [1.807, 2.05) is 24.3 Å². The Labute approximate surface area is 147 Å². The van der Waals surface area contributed by atoms with Crippen molar-refractivity contribution in [3.8, 4) is 11.5 Å². The van der Waals surface area contributed by atoms with Crippen LogP contribution < -0.4 is 0 Å². The zero-order chi connectivity index (χ0) is 18.4.